The van der Waals surface area contributed by atoms with Gasteiger partial charge in [0.1, 0.15) is 18.6 Å². The molecule has 0 radical (unpaired) electrons. The summed E-state index contributed by atoms with van der Waals surface area (Å²) < 4.78 is 0. The Morgan fingerprint density at radius 1 is 0.824 bits per heavy atom. The Hall–Kier alpha value is -3.99. The lowest BCUT2D eigenvalue weighted by Crippen LogP contribution is -2.56. The summed E-state index contributed by atoms with van der Waals surface area (Å²) in [5.74, 6) is -6.75. The first-order valence-corrected chi connectivity index (χ1v) is 9.87. The highest BCUT2D eigenvalue weighted by Gasteiger charge is 2.28. The van der Waals surface area contributed by atoms with Crippen LogP contribution in [-0.2, 0) is 28.8 Å². The van der Waals surface area contributed by atoms with Crippen LogP contribution in [0.1, 0.15) is 19.3 Å². The third-order valence-electron chi connectivity index (χ3n) is 3.99. The normalized spacial score (nSPS) is 12.9. The van der Waals surface area contributed by atoms with Crippen LogP contribution in [0.4, 0.5) is 0 Å². The van der Waals surface area contributed by atoms with Crippen molar-refractivity contribution >= 4 is 41.5 Å². The fourth-order valence-corrected chi connectivity index (χ4v) is 2.33. The van der Waals surface area contributed by atoms with Gasteiger partial charge in [-0.25, -0.2) is 0 Å². The molecule has 0 unspecified atom stereocenters. The van der Waals surface area contributed by atoms with Crippen molar-refractivity contribution in [1.82, 2.24) is 21.3 Å². The maximum atomic E-state index is 12.3. The fourth-order valence-electron chi connectivity index (χ4n) is 2.33. The molecule has 0 aromatic heterocycles. The quantitative estimate of drug-likeness (QED) is 0.0549. The molecule has 34 heavy (non-hydrogen) atoms. The molecular weight excluding hydrogens is 460 g/mol. The number of rotatable bonds is 16. The molecule has 0 heterocycles. The van der Waals surface area contributed by atoms with Gasteiger partial charge in [0.25, 0.3) is 0 Å². The van der Waals surface area contributed by atoms with Crippen LogP contribution in [0.15, 0.2) is 4.99 Å². The minimum Gasteiger partial charge on any atom is -0.481 e. The van der Waals surface area contributed by atoms with Crippen LogP contribution >= 0.6 is 0 Å². The third kappa shape index (κ3) is 13.4. The van der Waals surface area contributed by atoms with E-state index in [1.165, 1.54) is 0 Å². The van der Waals surface area contributed by atoms with Gasteiger partial charge in [0.2, 0.25) is 23.6 Å². The van der Waals surface area contributed by atoms with Crippen molar-refractivity contribution in [3.63, 3.8) is 0 Å². The number of amides is 4. The van der Waals surface area contributed by atoms with Gasteiger partial charge in [0, 0.05) is 6.54 Å². The summed E-state index contributed by atoms with van der Waals surface area (Å²) >= 11 is 0. The zero-order valence-electron chi connectivity index (χ0n) is 18.2. The van der Waals surface area contributed by atoms with E-state index in [0.717, 1.165) is 0 Å². The molecule has 0 aliphatic carbocycles. The Labute approximate surface area is 193 Å². The molecular formula is C17H30N8O9. The number of aliphatic imine (C=N–C) groups is 1. The van der Waals surface area contributed by atoms with Crippen molar-refractivity contribution in [2.75, 3.05) is 26.2 Å². The zero-order valence-corrected chi connectivity index (χ0v) is 18.2. The van der Waals surface area contributed by atoms with Gasteiger partial charge < -0.3 is 53.8 Å². The minimum atomic E-state index is -1.67. The van der Waals surface area contributed by atoms with Crippen LogP contribution in [0.3, 0.4) is 0 Å². The van der Waals surface area contributed by atoms with Gasteiger partial charge in [-0.15, -0.1) is 0 Å². The number of guanidine groups is 1. The summed E-state index contributed by atoms with van der Waals surface area (Å²) in [4.78, 5) is 73.5. The average Bonchev–Trinajstić information content (AvgIpc) is 2.75. The summed E-state index contributed by atoms with van der Waals surface area (Å²) in [7, 11) is 0. The molecule has 192 valence electrons. The average molecular weight is 490 g/mol. The number of aliphatic hydroxyl groups is 1. The van der Waals surface area contributed by atoms with Crippen molar-refractivity contribution in [3.05, 3.63) is 0 Å². The van der Waals surface area contributed by atoms with E-state index in [1.54, 1.807) is 0 Å². The second-order valence-electron chi connectivity index (χ2n) is 6.85. The number of carboxylic acid groups (broad SMARTS) is 2. The van der Waals surface area contributed by atoms with E-state index in [4.69, 9.17) is 27.4 Å². The lowest BCUT2D eigenvalue weighted by molar-refractivity contribution is -0.141. The second kappa shape index (κ2) is 15.8. The number of carbonyl (C=O) groups excluding carboxylic acids is 4. The van der Waals surface area contributed by atoms with Gasteiger partial charge in [-0.1, -0.05) is 0 Å². The highest BCUT2D eigenvalue weighted by molar-refractivity contribution is 5.95. The smallest absolute Gasteiger partial charge is 0.322 e. The van der Waals surface area contributed by atoms with Crippen molar-refractivity contribution < 1.29 is 44.1 Å². The van der Waals surface area contributed by atoms with E-state index < -0.39 is 79.8 Å². The van der Waals surface area contributed by atoms with Gasteiger partial charge in [-0.3, -0.25) is 33.8 Å². The van der Waals surface area contributed by atoms with E-state index in [2.05, 4.69) is 15.6 Å². The molecule has 0 aromatic carbocycles. The van der Waals surface area contributed by atoms with Gasteiger partial charge in [-0.05, 0) is 12.8 Å². The molecule has 0 spiro atoms. The number of nitrogens with zero attached hydrogens (tertiary/aromatic N) is 1. The van der Waals surface area contributed by atoms with E-state index in [9.17, 15) is 33.9 Å². The Morgan fingerprint density at radius 3 is 1.97 bits per heavy atom. The third-order valence-corrected chi connectivity index (χ3v) is 3.99. The number of carboxylic acids is 2. The van der Waals surface area contributed by atoms with Gasteiger partial charge in [0.05, 0.1) is 25.6 Å². The summed E-state index contributed by atoms with van der Waals surface area (Å²) in [5, 5.41) is 35.0. The summed E-state index contributed by atoms with van der Waals surface area (Å²) in [5.41, 5.74) is 16.0. The second-order valence-corrected chi connectivity index (χ2v) is 6.85. The highest BCUT2D eigenvalue weighted by atomic mass is 16.4. The number of nitrogens with two attached hydrogens (primary N) is 3. The number of hydrogen-bond acceptors (Lipinski definition) is 9. The van der Waals surface area contributed by atoms with E-state index in [-0.39, 0.29) is 18.9 Å². The van der Waals surface area contributed by atoms with Crippen molar-refractivity contribution in [2.45, 2.75) is 37.4 Å². The van der Waals surface area contributed by atoms with Crippen LogP contribution in [0.2, 0.25) is 0 Å². The molecule has 0 fully saturated rings. The predicted octanol–water partition coefficient (Wildman–Crippen LogP) is -5.88. The summed E-state index contributed by atoms with van der Waals surface area (Å²) in [6.45, 7) is -2.09. The number of aliphatic hydroxyl groups excluding tert-OH is 1. The summed E-state index contributed by atoms with van der Waals surface area (Å²) in [6, 6.07) is -4.25. The van der Waals surface area contributed by atoms with Crippen molar-refractivity contribution in [2.24, 2.45) is 22.2 Å². The highest BCUT2D eigenvalue weighted by Crippen LogP contribution is 1.97. The number of aliphatic carboxylic acids is 2. The van der Waals surface area contributed by atoms with Gasteiger partial charge in [-0.2, -0.15) is 0 Å². The lowest BCUT2D eigenvalue weighted by Gasteiger charge is -2.21. The van der Waals surface area contributed by atoms with Gasteiger partial charge in [0.15, 0.2) is 5.96 Å². The monoisotopic (exact) mass is 490 g/mol. The SMILES string of the molecule is NC(N)=NCCC[C@H](N)C(=O)NCC(=O)N[C@@H](CC(=O)O)C(=O)N[C@@H](CO)C(=O)NCC(=O)O. The van der Waals surface area contributed by atoms with Crippen LogP contribution in [-0.4, -0.2) is 101 Å². The molecule has 0 aromatic rings. The number of hydrogen-bond donors (Lipinski definition) is 10. The van der Waals surface area contributed by atoms with Crippen LogP contribution in [0, 0.1) is 0 Å². The Kier molecular flexibility index (Phi) is 13.9. The fraction of sp³-hybridized carbons (Fsp3) is 0.588. The van der Waals surface area contributed by atoms with E-state index >= 15 is 0 Å². The molecule has 4 amide bonds. The number of carbonyl (C=O) groups is 6. The minimum absolute atomic E-state index is 0.110. The molecule has 0 bridgehead atoms. The lowest BCUT2D eigenvalue weighted by atomic mass is 10.1. The number of nitrogens with one attached hydrogen (secondary N) is 4. The van der Waals surface area contributed by atoms with Crippen molar-refractivity contribution in [1.29, 1.82) is 0 Å². The molecule has 13 N–H and O–H groups in total. The first-order chi connectivity index (χ1) is 15.9. The van der Waals surface area contributed by atoms with Crippen LogP contribution in [0.5, 0.6) is 0 Å². The Morgan fingerprint density at radius 2 is 1.44 bits per heavy atom. The first-order valence-electron chi connectivity index (χ1n) is 9.87. The first kappa shape index (κ1) is 30.0. The largest absolute Gasteiger partial charge is 0.481 e. The predicted molar refractivity (Wildman–Crippen MR) is 115 cm³/mol. The molecule has 0 aliphatic heterocycles. The Balaban J connectivity index is 4.82. The van der Waals surface area contributed by atoms with E-state index in [1.807, 2.05) is 10.6 Å². The molecule has 17 nitrogen and oxygen atoms in total. The standard InChI is InChI=1S/C17H30N8O9/c18-8(2-1-3-21-17(19)20)14(32)22-5-11(27)24-9(4-12(28)29)16(34)25-10(7-26)15(33)23-6-13(30)31/h8-10,26H,1-7,18H2,(H,22,32)(H,23,33)(H,24,27)(H,25,34)(H,28,29)(H,30,31)(H4,19,20,21)/t8-,9-,10-/m0/s1. The zero-order chi connectivity index (χ0) is 26.3. The maximum absolute atomic E-state index is 12.3. The molecule has 0 rings (SSSR count). The van der Waals surface area contributed by atoms with E-state index in [0.29, 0.717) is 6.42 Å². The molecule has 3 atom stereocenters. The Bertz CT molecular complexity index is 785. The maximum Gasteiger partial charge on any atom is 0.322 e. The van der Waals surface area contributed by atoms with Crippen LogP contribution < -0.4 is 38.5 Å². The topological polar surface area (TPSA) is 302 Å². The van der Waals surface area contributed by atoms with Crippen molar-refractivity contribution in [3.8, 4) is 0 Å². The van der Waals surface area contributed by atoms with Gasteiger partial charge >= 0.3 is 11.9 Å². The summed E-state index contributed by atoms with van der Waals surface area (Å²) in [6.07, 6.45) is -0.281. The molecule has 0 saturated heterocycles. The molecule has 0 aliphatic rings. The molecule has 17 heteroatoms. The molecule has 0 saturated carbocycles. The van der Waals surface area contributed by atoms with Crippen LogP contribution in [0.25, 0.3) is 0 Å².